The van der Waals surface area contributed by atoms with Gasteiger partial charge in [-0.2, -0.15) is 0 Å². The molecule has 0 spiro atoms. The Balaban J connectivity index is 1.66. The second kappa shape index (κ2) is 6.74. The lowest BCUT2D eigenvalue weighted by Crippen LogP contribution is -2.19. The highest BCUT2D eigenvalue weighted by atomic mass is 16.5. The summed E-state index contributed by atoms with van der Waals surface area (Å²) in [6.07, 6.45) is 2.30. The molecule has 3 heteroatoms. The molecule has 3 nitrogen and oxygen atoms in total. The number of hydrogen-bond acceptors (Lipinski definition) is 3. The molecular formula is C18H21NO2. The van der Waals surface area contributed by atoms with Crippen LogP contribution in [0.25, 0.3) is 0 Å². The molecule has 0 saturated heterocycles. The topological polar surface area (TPSA) is 41.5 Å². The highest BCUT2D eigenvalue weighted by molar-refractivity contribution is 5.36. The second-order valence-corrected chi connectivity index (χ2v) is 5.35. The van der Waals surface area contributed by atoms with Gasteiger partial charge in [-0.05, 0) is 30.0 Å². The average molecular weight is 283 g/mol. The van der Waals surface area contributed by atoms with Crippen LogP contribution in [0.15, 0.2) is 48.5 Å². The molecule has 0 radical (unpaired) electrons. The zero-order valence-electron chi connectivity index (χ0n) is 12.1. The van der Waals surface area contributed by atoms with Gasteiger partial charge in [-0.25, -0.2) is 0 Å². The van der Waals surface area contributed by atoms with Gasteiger partial charge < -0.3 is 15.2 Å². The van der Waals surface area contributed by atoms with Gasteiger partial charge in [0.05, 0.1) is 6.61 Å². The first-order valence-corrected chi connectivity index (χ1v) is 7.51. The molecule has 2 aromatic rings. The fourth-order valence-corrected chi connectivity index (χ4v) is 2.95. The highest BCUT2D eigenvalue weighted by Gasteiger charge is 2.21. The zero-order valence-corrected chi connectivity index (χ0v) is 12.1. The van der Waals surface area contributed by atoms with Crippen molar-refractivity contribution in [3.63, 3.8) is 0 Å². The van der Waals surface area contributed by atoms with E-state index in [4.69, 9.17) is 9.84 Å². The maximum absolute atomic E-state index is 8.89. The van der Waals surface area contributed by atoms with E-state index in [0.29, 0.717) is 12.6 Å². The van der Waals surface area contributed by atoms with E-state index in [0.717, 1.165) is 30.7 Å². The van der Waals surface area contributed by atoms with Crippen molar-refractivity contribution in [2.24, 2.45) is 0 Å². The van der Waals surface area contributed by atoms with Crippen molar-refractivity contribution in [1.82, 2.24) is 5.32 Å². The molecular weight excluding hydrogens is 262 g/mol. The van der Waals surface area contributed by atoms with Crippen LogP contribution in [0.3, 0.4) is 0 Å². The number of para-hydroxylation sites is 1. The molecule has 0 fully saturated rings. The van der Waals surface area contributed by atoms with Gasteiger partial charge in [-0.15, -0.1) is 0 Å². The van der Waals surface area contributed by atoms with Crippen LogP contribution in [0.1, 0.15) is 29.2 Å². The smallest absolute Gasteiger partial charge is 0.123 e. The Morgan fingerprint density at radius 2 is 1.90 bits per heavy atom. The van der Waals surface area contributed by atoms with E-state index >= 15 is 0 Å². The number of fused-ring (bicyclic) bond motifs is 1. The Morgan fingerprint density at radius 3 is 2.81 bits per heavy atom. The van der Waals surface area contributed by atoms with Gasteiger partial charge in [0.15, 0.2) is 0 Å². The van der Waals surface area contributed by atoms with Crippen LogP contribution < -0.4 is 10.1 Å². The van der Waals surface area contributed by atoms with Crippen LogP contribution >= 0.6 is 0 Å². The molecule has 21 heavy (non-hydrogen) atoms. The summed E-state index contributed by atoms with van der Waals surface area (Å²) in [6, 6.07) is 17.1. The lowest BCUT2D eigenvalue weighted by atomic mass is 10.1. The summed E-state index contributed by atoms with van der Waals surface area (Å²) in [6.45, 7) is 1.15. The first kappa shape index (κ1) is 14.1. The van der Waals surface area contributed by atoms with Crippen LogP contribution in [-0.2, 0) is 13.0 Å². The van der Waals surface area contributed by atoms with Gasteiger partial charge in [-0.1, -0.05) is 42.5 Å². The molecule has 0 heterocycles. The molecule has 2 N–H and O–H groups in total. The highest BCUT2D eigenvalue weighted by Crippen LogP contribution is 2.31. The number of aryl methyl sites for hydroxylation is 1. The van der Waals surface area contributed by atoms with Gasteiger partial charge in [0.2, 0.25) is 0 Å². The first-order chi connectivity index (χ1) is 10.4. The van der Waals surface area contributed by atoms with E-state index in [1.807, 2.05) is 18.2 Å². The average Bonchev–Trinajstić information content (AvgIpc) is 2.95. The summed E-state index contributed by atoms with van der Waals surface area (Å²) >= 11 is 0. The molecule has 0 amide bonds. The van der Waals surface area contributed by atoms with E-state index in [1.54, 1.807) is 0 Å². The summed E-state index contributed by atoms with van der Waals surface area (Å²) < 4.78 is 5.58. The molecule has 1 aliphatic carbocycles. The zero-order chi connectivity index (χ0) is 14.5. The Bertz CT molecular complexity index is 597. The lowest BCUT2D eigenvalue weighted by molar-refractivity contribution is 0.200. The summed E-state index contributed by atoms with van der Waals surface area (Å²) in [5.41, 5.74) is 4.02. The number of hydrogen-bond donors (Lipinski definition) is 2. The summed E-state index contributed by atoms with van der Waals surface area (Å²) in [7, 11) is 0. The lowest BCUT2D eigenvalue weighted by Gasteiger charge is -2.16. The molecule has 1 aliphatic rings. The number of nitrogens with one attached hydrogen (secondary N) is 1. The number of benzene rings is 2. The van der Waals surface area contributed by atoms with Crippen molar-refractivity contribution in [2.75, 3.05) is 13.2 Å². The summed E-state index contributed by atoms with van der Waals surface area (Å²) in [5.74, 6) is 0.852. The fourth-order valence-electron chi connectivity index (χ4n) is 2.95. The molecule has 0 saturated carbocycles. The third-order valence-electron chi connectivity index (χ3n) is 3.99. The number of ether oxygens (including phenoxy) is 1. The van der Waals surface area contributed by atoms with Gasteiger partial charge in [-0.3, -0.25) is 0 Å². The largest absolute Gasteiger partial charge is 0.491 e. The van der Waals surface area contributed by atoms with Crippen molar-refractivity contribution in [1.29, 1.82) is 0 Å². The monoisotopic (exact) mass is 283 g/mol. The molecule has 1 atom stereocenters. The van der Waals surface area contributed by atoms with Crippen molar-refractivity contribution < 1.29 is 9.84 Å². The number of aliphatic hydroxyl groups is 1. The fraction of sp³-hybridized carbons (Fsp3) is 0.333. The van der Waals surface area contributed by atoms with Crippen LogP contribution in [0, 0.1) is 0 Å². The third-order valence-corrected chi connectivity index (χ3v) is 3.99. The second-order valence-electron chi connectivity index (χ2n) is 5.35. The van der Waals surface area contributed by atoms with Crippen molar-refractivity contribution in [3.8, 4) is 5.75 Å². The predicted molar refractivity (Wildman–Crippen MR) is 83.4 cm³/mol. The minimum absolute atomic E-state index is 0.0394. The first-order valence-electron chi connectivity index (χ1n) is 7.51. The van der Waals surface area contributed by atoms with Gasteiger partial charge in [0, 0.05) is 18.2 Å². The Kier molecular flexibility index (Phi) is 4.53. The van der Waals surface area contributed by atoms with E-state index in [-0.39, 0.29) is 6.61 Å². The van der Waals surface area contributed by atoms with Crippen molar-refractivity contribution in [2.45, 2.75) is 25.4 Å². The van der Waals surface area contributed by atoms with E-state index in [1.165, 1.54) is 11.1 Å². The maximum atomic E-state index is 8.89. The molecule has 0 aliphatic heterocycles. The van der Waals surface area contributed by atoms with E-state index < -0.39 is 0 Å². The van der Waals surface area contributed by atoms with Gasteiger partial charge >= 0.3 is 0 Å². The Labute approximate surface area is 125 Å². The summed E-state index contributed by atoms with van der Waals surface area (Å²) in [5, 5.41) is 12.5. The summed E-state index contributed by atoms with van der Waals surface area (Å²) in [4.78, 5) is 0. The van der Waals surface area contributed by atoms with E-state index in [9.17, 15) is 0 Å². The number of aliphatic hydroxyl groups excluding tert-OH is 1. The minimum Gasteiger partial charge on any atom is -0.491 e. The standard InChI is InChI=1S/C18H21NO2/c20-11-12-21-18-8-4-2-6-15(18)13-19-17-10-9-14-5-1-3-7-16(14)17/h1-8,17,19-20H,9-13H2. The Morgan fingerprint density at radius 1 is 1.10 bits per heavy atom. The van der Waals surface area contributed by atoms with Gasteiger partial charge in [0.25, 0.3) is 0 Å². The quantitative estimate of drug-likeness (QED) is 0.856. The molecule has 110 valence electrons. The van der Waals surface area contributed by atoms with Crippen molar-refractivity contribution in [3.05, 3.63) is 65.2 Å². The molecule has 3 rings (SSSR count). The molecule has 0 bridgehead atoms. The van der Waals surface area contributed by atoms with Crippen molar-refractivity contribution >= 4 is 0 Å². The molecule has 1 unspecified atom stereocenters. The van der Waals surface area contributed by atoms with E-state index in [2.05, 4.69) is 35.6 Å². The molecule has 2 aromatic carbocycles. The van der Waals surface area contributed by atoms with Crippen LogP contribution in [0.2, 0.25) is 0 Å². The minimum atomic E-state index is 0.0394. The maximum Gasteiger partial charge on any atom is 0.123 e. The SMILES string of the molecule is OCCOc1ccccc1CNC1CCc2ccccc21. The Hall–Kier alpha value is -1.84. The normalized spacial score (nSPS) is 16.7. The number of rotatable bonds is 6. The predicted octanol–water partition coefficient (Wildman–Crippen LogP) is 2.83. The van der Waals surface area contributed by atoms with Gasteiger partial charge in [0.1, 0.15) is 12.4 Å². The third kappa shape index (κ3) is 3.26. The molecule has 0 aromatic heterocycles. The van der Waals surface area contributed by atoms with Crippen LogP contribution in [0.5, 0.6) is 5.75 Å². The van der Waals surface area contributed by atoms with Crippen LogP contribution in [0.4, 0.5) is 0 Å². The van der Waals surface area contributed by atoms with Crippen LogP contribution in [-0.4, -0.2) is 18.3 Å².